The van der Waals surface area contributed by atoms with Crippen LogP contribution in [0.2, 0.25) is 0 Å². The minimum absolute atomic E-state index is 0.220. The van der Waals surface area contributed by atoms with Gasteiger partial charge in [0.05, 0.1) is 17.2 Å². The van der Waals surface area contributed by atoms with Crippen LogP contribution < -0.4 is 5.32 Å². The summed E-state index contributed by atoms with van der Waals surface area (Å²) in [6, 6.07) is 2.35. The molecule has 2 atom stereocenters. The standard InChI is InChI=1S/C14H25N3O2S/c1-4-12-8-13(17(3)16-12)9-14(15-5-2)11-6-7-20(18,19)10-11/h8,11,14-15H,4-7,9-10H2,1-3H3. The van der Waals surface area contributed by atoms with Crippen molar-refractivity contribution in [3.05, 3.63) is 17.5 Å². The number of hydrogen-bond acceptors (Lipinski definition) is 4. The van der Waals surface area contributed by atoms with Gasteiger partial charge in [0.15, 0.2) is 9.84 Å². The Kier molecular flexibility index (Phi) is 4.86. The van der Waals surface area contributed by atoms with Gasteiger partial charge >= 0.3 is 0 Å². The quantitative estimate of drug-likeness (QED) is 0.849. The smallest absolute Gasteiger partial charge is 0.150 e. The molecule has 1 fully saturated rings. The topological polar surface area (TPSA) is 64.0 Å². The molecule has 20 heavy (non-hydrogen) atoms. The Balaban J connectivity index is 2.11. The molecule has 1 saturated heterocycles. The van der Waals surface area contributed by atoms with Crippen LogP contribution in [0.15, 0.2) is 6.07 Å². The maximum atomic E-state index is 11.7. The number of aromatic nitrogens is 2. The first-order valence-electron chi connectivity index (χ1n) is 7.40. The van der Waals surface area contributed by atoms with Crippen molar-refractivity contribution in [2.75, 3.05) is 18.1 Å². The fourth-order valence-corrected chi connectivity index (χ4v) is 4.85. The average Bonchev–Trinajstić information content (AvgIpc) is 2.92. The zero-order valence-electron chi connectivity index (χ0n) is 12.6. The van der Waals surface area contributed by atoms with E-state index in [1.807, 2.05) is 11.7 Å². The van der Waals surface area contributed by atoms with Crippen molar-refractivity contribution in [3.63, 3.8) is 0 Å². The highest BCUT2D eigenvalue weighted by atomic mass is 32.2. The Labute approximate surface area is 121 Å². The molecule has 0 spiro atoms. The first-order chi connectivity index (χ1) is 9.45. The van der Waals surface area contributed by atoms with Crippen LogP contribution in [0.4, 0.5) is 0 Å². The predicted molar refractivity (Wildman–Crippen MR) is 80.5 cm³/mol. The second-order valence-corrected chi connectivity index (χ2v) is 7.86. The zero-order chi connectivity index (χ0) is 14.8. The molecule has 6 heteroatoms. The van der Waals surface area contributed by atoms with Gasteiger partial charge in [-0.1, -0.05) is 13.8 Å². The largest absolute Gasteiger partial charge is 0.314 e. The molecule has 5 nitrogen and oxygen atoms in total. The Hall–Kier alpha value is -0.880. The molecule has 1 aromatic heterocycles. The Morgan fingerprint density at radius 3 is 2.75 bits per heavy atom. The van der Waals surface area contributed by atoms with Crippen molar-refractivity contribution < 1.29 is 8.42 Å². The summed E-state index contributed by atoms with van der Waals surface area (Å²) in [4.78, 5) is 0. The van der Waals surface area contributed by atoms with E-state index in [1.165, 1.54) is 5.69 Å². The lowest BCUT2D eigenvalue weighted by Gasteiger charge is -2.23. The highest BCUT2D eigenvalue weighted by Crippen LogP contribution is 2.24. The third-order valence-corrected chi connectivity index (χ3v) is 5.92. The highest BCUT2D eigenvalue weighted by molar-refractivity contribution is 7.91. The van der Waals surface area contributed by atoms with E-state index < -0.39 is 9.84 Å². The summed E-state index contributed by atoms with van der Waals surface area (Å²) < 4.78 is 25.3. The maximum Gasteiger partial charge on any atom is 0.150 e. The number of nitrogens with zero attached hydrogens (tertiary/aromatic N) is 2. The summed E-state index contributed by atoms with van der Waals surface area (Å²) >= 11 is 0. The molecule has 0 aliphatic carbocycles. The van der Waals surface area contributed by atoms with Crippen LogP contribution >= 0.6 is 0 Å². The summed E-state index contributed by atoms with van der Waals surface area (Å²) in [6.07, 6.45) is 2.55. The number of hydrogen-bond donors (Lipinski definition) is 1. The third kappa shape index (κ3) is 3.61. The number of likely N-dealkylation sites (N-methyl/N-ethyl adjacent to an activating group) is 1. The molecule has 0 amide bonds. The van der Waals surface area contributed by atoms with Crippen molar-refractivity contribution >= 4 is 9.84 Å². The molecule has 1 aliphatic heterocycles. The van der Waals surface area contributed by atoms with Gasteiger partial charge < -0.3 is 5.32 Å². The molecule has 1 aliphatic rings. The molecule has 1 N–H and O–H groups in total. The lowest BCUT2D eigenvalue weighted by molar-refractivity contribution is 0.379. The minimum atomic E-state index is -2.82. The van der Waals surface area contributed by atoms with Gasteiger partial charge in [-0.3, -0.25) is 4.68 Å². The van der Waals surface area contributed by atoms with E-state index in [9.17, 15) is 8.42 Å². The summed E-state index contributed by atoms with van der Waals surface area (Å²) in [6.45, 7) is 5.02. The average molecular weight is 299 g/mol. The summed E-state index contributed by atoms with van der Waals surface area (Å²) in [5, 5.41) is 7.93. The van der Waals surface area contributed by atoms with Crippen molar-refractivity contribution in [1.82, 2.24) is 15.1 Å². The molecule has 0 saturated carbocycles. The van der Waals surface area contributed by atoms with Gasteiger partial charge in [-0.05, 0) is 31.4 Å². The Bertz CT molecular complexity index is 551. The van der Waals surface area contributed by atoms with Crippen molar-refractivity contribution in [3.8, 4) is 0 Å². The third-order valence-electron chi connectivity index (χ3n) is 4.12. The number of rotatable bonds is 6. The van der Waals surface area contributed by atoms with Crippen LogP contribution in [-0.4, -0.2) is 42.3 Å². The minimum Gasteiger partial charge on any atom is -0.314 e. The van der Waals surface area contributed by atoms with Crippen LogP contribution in [-0.2, 0) is 29.7 Å². The van der Waals surface area contributed by atoms with E-state index in [-0.39, 0.29) is 12.0 Å². The second kappa shape index (κ2) is 6.26. The molecule has 1 aromatic rings. The van der Waals surface area contributed by atoms with E-state index in [0.29, 0.717) is 11.5 Å². The van der Waals surface area contributed by atoms with Gasteiger partial charge in [0.2, 0.25) is 0 Å². The lowest BCUT2D eigenvalue weighted by atomic mass is 9.95. The van der Waals surface area contributed by atoms with Gasteiger partial charge in [-0.25, -0.2) is 8.42 Å². The van der Waals surface area contributed by atoms with Crippen molar-refractivity contribution in [2.24, 2.45) is 13.0 Å². The van der Waals surface area contributed by atoms with E-state index in [1.54, 1.807) is 0 Å². The molecule has 0 aromatic carbocycles. The van der Waals surface area contributed by atoms with E-state index in [4.69, 9.17) is 0 Å². The summed E-state index contributed by atoms with van der Waals surface area (Å²) in [5.74, 6) is 0.883. The van der Waals surface area contributed by atoms with Crippen molar-refractivity contribution in [1.29, 1.82) is 0 Å². The van der Waals surface area contributed by atoms with Gasteiger partial charge in [0.25, 0.3) is 0 Å². The second-order valence-electron chi connectivity index (χ2n) is 5.64. The number of aryl methyl sites for hydroxylation is 2. The van der Waals surface area contributed by atoms with Crippen LogP contribution in [0.1, 0.15) is 31.7 Å². The fraction of sp³-hybridized carbons (Fsp3) is 0.786. The van der Waals surface area contributed by atoms with Gasteiger partial charge in [-0.15, -0.1) is 0 Å². The lowest BCUT2D eigenvalue weighted by Crippen LogP contribution is -2.39. The zero-order valence-corrected chi connectivity index (χ0v) is 13.4. The van der Waals surface area contributed by atoms with Crippen molar-refractivity contribution in [2.45, 2.75) is 39.2 Å². The van der Waals surface area contributed by atoms with Crippen LogP contribution in [0.25, 0.3) is 0 Å². The molecular formula is C14H25N3O2S. The van der Waals surface area contributed by atoms with E-state index >= 15 is 0 Å². The predicted octanol–water partition coefficient (Wildman–Crippen LogP) is 0.938. The highest BCUT2D eigenvalue weighted by Gasteiger charge is 2.33. The molecule has 114 valence electrons. The van der Waals surface area contributed by atoms with Gasteiger partial charge in [0, 0.05) is 25.2 Å². The molecule has 2 rings (SSSR count). The van der Waals surface area contributed by atoms with Crippen LogP contribution in [0.3, 0.4) is 0 Å². The maximum absolute atomic E-state index is 11.7. The Morgan fingerprint density at radius 1 is 1.50 bits per heavy atom. The number of sulfone groups is 1. The monoisotopic (exact) mass is 299 g/mol. The van der Waals surface area contributed by atoms with Gasteiger partial charge in [0.1, 0.15) is 0 Å². The molecule has 2 unspecified atom stereocenters. The molecule has 0 bridgehead atoms. The fourth-order valence-electron chi connectivity index (χ4n) is 2.97. The number of nitrogens with one attached hydrogen (secondary N) is 1. The van der Waals surface area contributed by atoms with E-state index in [0.717, 1.165) is 31.5 Å². The van der Waals surface area contributed by atoms with E-state index in [2.05, 4.69) is 30.3 Å². The van der Waals surface area contributed by atoms with Crippen LogP contribution in [0.5, 0.6) is 0 Å². The molecule has 0 radical (unpaired) electrons. The first kappa shape index (κ1) is 15.5. The van der Waals surface area contributed by atoms with Gasteiger partial charge in [-0.2, -0.15) is 5.10 Å². The summed E-state index contributed by atoms with van der Waals surface area (Å²) in [7, 11) is -0.862. The normalized spacial score (nSPS) is 23.1. The molecule has 2 heterocycles. The SMILES string of the molecule is CCNC(Cc1cc(CC)nn1C)C1CCS(=O)(=O)C1. The Morgan fingerprint density at radius 2 is 2.25 bits per heavy atom. The summed E-state index contributed by atoms with van der Waals surface area (Å²) in [5.41, 5.74) is 2.27. The van der Waals surface area contributed by atoms with Crippen LogP contribution in [0, 0.1) is 5.92 Å². The first-order valence-corrected chi connectivity index (χ1v) is 9.23. The molecular weight excluding hydrogens is 274 g/mol.